The first-order valence-electron chi connectivity index (χ1n) is 7.21. The highest BCUT2D eigenvalue weighted by molar-refractivity contribution is 5.75. The molecule has 1 saturated carbocycles. The summed E-state index contributed by atoms with van der Waals surface area (Å²) < 4.78 is 5.57. The molecule has 1 fully saturated rings. The van der Waals surface area contributed by atoms with E-state index in [1.54, 1.807) is 0 Å². The molecule has 1 aliphatic carbocycles. The molecule has 0 atom stereocenters. The lowest BCUT2D eigenvalue weighted by molar-refractivity contribution is -0.121. The number of aliphatic hydroxyl groups is 1. The summed E-state index contributed by atoms with van der Waals surface area (Å²) in [6.07, 6.45) is 3.19. The van der Waals surface area contributed by atoms with Crippen molar-refractivity contribution in [2.75, 3.05) is 19.8 Å². The number of ether oxygens (including phenoxy) is 1. The van der Waals surface area contributed by atoms with Gasteiger partial charge in [-0.25, -0.2) is 0 Å². The molecule has 110 valence electrons. The van der Waals surface area contributed by atoms with Crippen LogP contribution in [0.1, 0.15) is 31.2 Å². The highest BCUT2D eigenvalue weighted by atomic mass is 16.5. The van der Waals surface area contributed by atoms with Gasteiger partial charge in [-0.05, 0) is 38.3 Å². The Morgan fingerprint density at radius 1 is 1.35 bits per heavy atom. The van der Waals surface area contributed by atoms with E-state index < -0.39 is 0 Å². The Bertz CT molecular complexity index is 438. The van der Waals surface area contributed by atoms with E-state index in [9.17, 15) is 4.79 Å². The quantitative estimate of drug-likeness (QED) is 0.715. The molecule has 20 heavy (non-hydrogen) atoms. The molecule has 0 aromatic heterocycles. The fraction of sp³-hybridized carbons (Fsp3) is 0.562. The van der Waals surface area contributed by atoms with Crippen molar-refractivity contribution in [3.05, 3.63) is 29.8 Å². The Morgan fingerprint density at radius 3 is 2.65 bits per heavy atom. The van der Waals surface area contributed by atoms with Crippen LogP contribution in [0.5, 0.6) is 5.75 Å². The zero-order valence-electron chi connectivity index (χ0n) is 12.0. The van der Waals surface area contributed by atoms with Crippen molar-refractivity contribution < 1.29 is 14.6 Å². The summed E-state index contributed by atoms with van der Waals surface area (Å²) >= 11 is 0. The topological polar surface area (TPSA) is 58.6 Å². The minimum Gasteiger partial charge on any atom is -0.494 e. The Labute approximate surface area is 120 Å². The van der Waals surface area contributed by atoms with Gasteiger partial charge < -0.3 is 15.2 Å². The number of hydrogen-bond acceptors (Lipinski definition) is 3. The SMILES string of the molecule is Cc1ccc(OCCCC(=O)NCC2(CO)CC2)cc1. The smallest absolute Gasteiger partial charge is 0.220 e. The van der Waals surface area contributed by atoms with Gasteiger partial charge in [-0.1, -0.05) is 17.7 Å². The number of amides is 1. The van der Waals surface area contributed by atoms with E-state index in [4.69, 9.17) is 9.84 Å². The molecule has 2 N–H and O–H groups in total. The average Bonchev–Trinajstić information content (AvgIpc) is 3.24. The molecule has 1 amide bonds. The first-order chi connectivity index (χ1) is 9.63. The summed E-state index contributed by atoms with van der Waals surface area (Å²) in [6.45, 7) is 3.35. The normalized spacial score (nSPS) is 15.7. The molecular formula is C16H23NO3. The number of nitrogens with one attached hydrogen (secondary N) is 1. The van der Waals surface area contributed by atoms with Crippen molar-refractivity contribution >= 4 is 5.91 Å². The van der Waals surface area contributed by atoms with Crippen molar-refractivity contribution in [2.24, 2.45) is 5.41 Å². The van der Waals surface area contributed by atoms with Crippen molar-refractivity contribution in [2.45, 2.75) is 32.6 Å². The molecule has 0 bridgehead atoms. The van der Waals surface area contributed by atoms with Gasteiger partial charge in [0.05, 0.1) is 13.2 Å². The molecule has 0 spiro atoms. The third-order valence-electron chi connectivity index (χ3n) is 3.79. The summed E-state index contributed by atoms with van der Waals surface area (Å²) in [5.41, 5.74) is 1.18. The number of aryl methyl sites for hydroxylation is 1. The minimum absolute atomic E-state index is 0.0198. The molecule has 1 aliphatic rings. The fourth-order valence-electron chi connectivity index (χ4n) is 2.00. The van der Waals surface area contributed by atoms with Crippen LogP contribution in [0, 0.1) is 12.3 Å². The first-order valence-corrected chi connectivity index (χ1v) is 7.21. The number of hydrogen-bond donors (Lipinski definition) is 2. The van der Waals surface area contributed by atoms with E-state index in [0.717, 1.165) is 18.6 Å². The maximum atomic E-state index is 11.6. The second kappa shape index (κ2) is 6.75. The molecule has 0 saturated heterocycles. The van der Waals surface area contributed by atoms with Crippen LogP contribution < -0.4 is 10.1 Å². The van der Waals surface area contributed by atoms with Crippen LogP contribution in [-0.4, -0.2) is 30.8 Å². The zero-order valence-corrected chi connectivity index (χ0v) is 12.0. The van der Waals surface area contributed by atoms with E-state index in [1.165, 1.54) is 5.56 Å². The molecule has 1 aromatic carbocycles. The predicted molar refractivity (Wildman–Crippen MR) is 77.7 cm³/mol. The average molecular weight is 277 g/mol. The lowest BCUT2D eigenvalue weighted by Gasteiger charge is -2.12. The third-order valence-corrected chi connectivity index (χ3v) is 3.79. The van der Waals surface area contributed by atoms with Crippen LogP contribution >= 0.6 is 0 Å². The lowest BCUT2D eigenvalue weighted by Crippen LogP contribution is -2.31. The second-order valence-corrected chi connectivity index (χ2v) is 5.70. The van der Waals surface area contributed by atoms with Crippen LogP contribution in [0.3, 0.4) is 0 Å². The second-order valence-electron chi connectivity index (χ2n) is 5.70. The van der Waals surface area contributed by atoms with Crippen LogP contribution in [0.4, 0.5) is 0 Å². The molecule has 0 heterocycles. The number of aliphatic hydroxyl groups excluding tert-OH is 1. The maximum Gasteiger partial charge on any atom is 0.220 e. The number of benzene rings is 1. The summed E-state index contributed by atoms with van der Waals surface area (Å²) in [6, 6.07) is 7.89. The Kier molecular flexibility index (Phi) is 5.01. The van der Waals surface area contributed by atoms with Gasteiger partial charge in [0.2, 0.25) is 5.91 Å². The third kappa shape index (κ3) is 4.53. The van der Waals surface area contributed by atoms with Crippen molar-refractivity contribution in [3.8, 4) is 5.75 Å². The van der Waals surface area contributed by atoms with E-state index >= 15 is 0 Å². The van der Waals surface area contributed by atoms with E-state index in [0.29, 0.717) is 26.0 Å². The minimum atomic E-state index is -0.0198. The van der Waals surface area contributed by atoms with Crippen LogP contribution in [-0.2, 0) is 4.79 Å². The first kappa shape index (κ1) is 14.9. The van der Waals surface area contributed by atoms with Gasteiger partial charge in [0, 0.05) is 18.4 Å². The predicted octanol–water partition coefficient (Wildman–Crippen LogP) is 2.04. The summed E-state index contributed by atoms with van der Waals surface area (Å²) in [7, 11) is 0. The van der Waals surface area contributed by atoms with Gasteiger partial charge >= 0.3 is 0 Å². The molecule has 0 aliphatic heterocycles. The Balaban J connectivity index is 1.56. The van der Waals surface area contributed by atoms with Crippen molar-refractivity contribution in [1.29, 1.82) is 0 Å². The highest BCUT2D eigenvalue weighted by Crippen LogP contribution is 2.44. The molecule has 1 aromatic rings. The van der Waals surface area contributed by atoms with Gasteiger partial charge in [-0.15, -0.1) is 0 Å². The van der Waals surface area contributed by atoms with Gasteiger partial charge in [-0.2, -0.15) is 0 Å². The lowest BCUT2D eigenvalue weighted by atomic mass is 10.1. The number of rotatable bonds is 8. The van der Waals surface area contributed by atoms with Crippen LogP contribution in [0.25, 0.3) is 0 Å². The largest absolute Gasteiger partial charge is 0.494 e. The molecule has 2 rings (SSSR count). The van der Waals surface area contributed by atoms with Gasteiger partial charge in [0.1, 0.15) is 5.75 Å². The van der Waals surface area contributed by atoms with Crippen molar-refractivity contribution in [3.63, 3.8) is 0 Å². The zero-order chi connectivity index (χ0) is 14.4. The molecule has 4 nitrogen and oxygen atoms in total. The molecule has 0 radical (unpaired) electrons. The Hall–Kier alpha value is -1.55. The highest BCUT2D eigenvalue weighted by Gasteiger charge is 2.41. The fourth-order valence-corrected chi connectivity index (χ4v) is 2.00. The molecular weight excluding hydrogens is 254 g/mol. The molecule has 0 unspecified atom stereocenters. The van der Waals surface area contributed by atoms with E-state index in [-0.39, 0.29) is 17.9 Å². The van der Waals surface area contributed by atoms with Gasteiger partial charge in [0.25, 0.3) is 0 Å². The van der Waals surface area contributed by atoms with Crippen LogP contribution in [0.2, 0.25) is 0 Å². The summed E-state index contributed by atoms with van der Waals surface area (Å²) in [4.78, 5) is 11.6. The van der Waals surface area contributed by atoms with Gasteiger partial charge in [-0.3, -0.25) is 4.79 Å². The monoisotopic (exact) mass is 277 g/mol. The Morgan fingerprint density at radius 2 is 2.05 bits per heavy atom. The van der Waals surface area contributed by atoms with Crippen LogP contribution in [0.15, 0.2) is 24.3 Å². The molecule has 4 heteroatoms. The maximum absolute atomic E-state index is 11.6. The van der Waals surface area contributed by atoms with Gasteiger partial charge in [0.15, 0.2) is 0 Å². The number of carbonyl (C=O) groups is 1. The summed E-state index contributed by atoms with van der Waals surface area (Å²) in [5, 5.41) is 12.0. The van der Waals surface area contributed by atoms with E-state index in [1.807, 2.05) is 31.2 Å². The standard InChI is InChI=1S/C16H23NO3/c1-13-4-6-14(7-5-13)20-10-2-3-15(19)17-11-16(12-18)8-9-16/h4-7,18H,2-3,8-12H2,1H3,(H,17,19). The van der Waals surface area contributed by atoms with E-state index in [2.05, 4.69) is 5.32 Å². The summed E-state index contributed by atoms with van der Waals surface area (Å²) in [5.74, 6) is 0.880. The van der Waals surface area contributed by atoms with Crippen molar-refractivity contribution in [1.82, 2.24) is 5.32 Å². The number of carbonyl (C=O) groups excluding carboxylic acids is 1.